The maximum absolute atomic E-state index is 13.5. The third kappa shape index (κ3) is 3.05. The number of carbonyl (C=O) groups is 1. The van der Waals surface area contributed by atoms with Gasteiger partial charge in [-0.05, 0) is 42.9 Å². The van der Waals surface area contributed by atoms with Crippen LogP contribution in [0.2, 0.25) is 0 Å². The first-order chi connectivity index (χ1) is 15.4. The maximum Gasteiger partial charge on any atom is 0.321 e. The number of urea groups is 1. The normalized spacial score (nSPS) is 19.7. The molecule has 8 heteroatoms. The Bertz CT molecular complexity index is 1200. The highest BCUT2D eigenvalue weighted by Gasteiger charge is 2.53. The van der Waals surface area contributed by atoms with Gasteiger partial charge in [-0.3, -0.25) is 4.90 Å². The summed E-state index contributed by atoms with van der Waals surface area (Å²) in [5, 5.41) is 14.1. The Morgan fingerprint density at radius 2 is 2.00 bits per heavy atom. The summed E-state index contributed by atoms with van der Waals surface area (Å²) < 4.78 is 21.0. The summed E-state index contributed by atoms with van der Waals surface area (Å²) in [6.45, 7) is 1.86. The van der Waals surface area contributed by atoms with Crippen molar-refractivity contribution in [3.63, 3.8) is 0 Å². The van der Waals surface area contributed by atoms with Gasteiger partial charge in [-0.1, -0.05) is 6.07 Å². The number of hydrogen-bond donors (Lipinski definition) is 2. The van der Waals surface area contributed by atoms with Crippen LogP contribution in [0.1, 0.15) is 17.3 Å². The van der Waals surface area contributed by atoms with Gasteiger partial charge in [0.05, 0.1) is 25.3 Å². The summed E-state index contributed by atoms with van der Waals surface area (Å²) in [5.74, 6) is 0.394. The molecule has 1 aromatic heterocycles. The lowest BCUT2D eigenvalue weighted by molar-refractivity contribution is 0.0284. The highest BCUT2D eigenvalue weighted by molar-refractivity contribution is 5.92. The minimum Gasteiger partial charge on any atom is -0.497 e. The lowest BCUT2D eigenvalue weighted by Crippen LogP contribution is -2.67. The fourth-order valence-corrected chi connectivity index (χ4v) is 5.47. The van der Waals surface area contributed by atoms with E-state index in [1.54, 1.807) is 24.1 Å². The van der Waals surface area contributed by atoms with Gasteiger partial charge in [-0.25, -0.2) is 9.18 Å². The minimum atomic E-state index is -0.386. The number of aliphatic hydroxyl groups excluding tert-OH is 1. The predicted octanol–water partition coefficient (Wildman–Crippen LogP) is 3.09. The number of ether oxygens (including phenoxy) is 1. The van der Waals surface area contributed by atoms with Gasteiger partial charge in [0.15, 0.2) is 0 Å². The molecular weight excluding hydrogens is 411 g/mol. The van der Waals surface area contributed by atoms with Crippen LogP contribution in [0.3, 0.4) is 0 Å². The van der Waals surface area contributed by atoms with E-state index in [0.717, 1.165) is 28.9 Å². The highest BCUT2D eigenvalue weighted by atomic mass is 19.1. The number of aryl methyl sites for hydroxylation is 1. The zero-order valence-corrected chi connectivity index (χ0v) is 18.4. The fourth-order valence-electron chi connectivity index (χ4n) is 5.47. The topological polar surface area (TPSA) is 70.0 Å². The quantitative estimate of drug-likeness (QED) is 0.660. The number of hydrogen-bond acceptors (Lipinski definition) is 4. The molecule has 32 heavy (non-hydrogen) atoms. The van der Waals surface area contributed by atoms with Crippen molar-refractivity contribution in [2.45, 2.75) is 11.5 Å². The van der Waals surface area contributed by atoms with E-state index in [1.165, 1.54) is 17.7 Å². The third-order valence-electron chi connectivity index (χ3n) is 6.91. The first-order valence-electron chi connectivity index (χ1n) is 10.7. The van der Waals surface area contributed by atoms with Crippen LogP contribution in [0.5, 0.6) is 5.75 Å². The van der Waals surface area contributed by atoms with Gasteiger partial charge in [-0.2, -0.15) is 0 Å². The Labute approximate surface area is 186 Å². The lowest BCUT2D eigenvalue weighted by atomic mass is 9.69. The number of anilines is 1. The highest BCUT2D eigenvalue weighted by Crippen LogP contribution is 2.49. The molecule has 0 radical (unpaired) electrons. The predicted molar refractivity (Wildman–Crippen MR) is 121 cm³/mol. The van der Waals surface area contributed by atoms with Gasteiger partial charge in [0.2, 0.25) is 0 Å². The summed E-state index contributed by atoms with van der Waals surface area (Å²) in [6.07, 6.45) is 0. The van der Waals surface area contributed by atoms with Crippen molar-refractivity contribution in [2.75, 3.05) is 45.7 Å². The van der Waals surface area contributed by atoms with E-state index < -0.39 is 0 Å². The van der Waals surface area contributed by atoms with E-state index in [1.807, 2.05) is 26.2 Å². The molecule has 5 rings (SSSR count). The molecule has 1 atom stereocenters. The number of methoxy groups -OCH3 is 1. The second-order valence-electron chi connectivity index (χ2n) is 8.89. The molecule has 1 fully saturated rings. The Kier molecular flexibility index (Phi) is 4.87. The molecule has 3 heterocycles. The van der Waals surface area contributed by atoms with Gasteiger partial charge in [0.1, 0.15) is 11.6 Å². The summed E-state index contributed by atoms with van der Waals surface area (Å²) >= 11 is 0. The Morgan fingerprint density at radius 3 is 2.69 bits per heavy atom. The molecule has 2 N–H and O–H groups in total. The number of fused-ring (bicyclic) bond motifs is 4. The molecule has 0 bridgehead atoms. The maximum atomic E-state index is 13.5. The van der Waals surface area contributed by atoms with Crippen LogP contribution >= 0.6 is 0 Å². The molecule has 2 aromatic carbocycles. The number of likely N-dealkylation sites (tertiary alicyclic amines) is 1. The van der Waals surface area contributed by atoms with E-state index >= 15 is 0 Å². The van der Waals surface area contributed by atoms with Crippen LogP contribution in [-0.4, -0.2) is 65.9 Å². The molecule has 1 spiro atoms. The van der Waals surface area contributed by atoms with Crippen LogP contribution in [0.4, 0.5) is 14.9 Å². The Morgan fingerprint density at radius 1 is 1.22 bits per heavy atom. The standard InChI is InChI=1S/C24H27FN4O3/c1-27-12-24(13-29(14-24)23(31)26-16-6-4-5-15(25)9-16)21-18-8-7-17(32-3)10-19(18)28(2)22(21)20(27)11-30/h4-10,20,30H,11-14H2,1-3H3,(H,26,31)/t20-/m0/s1. The molecule has 2 aliphatic rings. The number of carbonyl (C=O) groups excluding carboxylic acids is 1. The van der Waals surface area contributed by atoms with Crippen LogP contribution in [0.15, 0.2) is 42.5 Å². The number of likely N-dealkylation sites (N-methyl/N-ethyl adjacent to an activating group) is 1. The molecule has 1 saturated heterocycles. The molecule has 168 valence electrons. The van der Waals surface area contributed by atoms with Crippen molar-refractivity contribution in [3.05, 3.63) is 59.5 Å². The summed E-state index contributed by atoms with van der Waals surface area (Å²) in [4.78, 5) is 16.7. The molecule has 0 aliphatic carbocycles. The molecule has 7 nitrogen and oxygen atoms in total. The zero-order chi connectivity index (χ0) is 22.6. The Hall–Kier alpha value is -3.10. The molecule has 0 saturated carbocycles. The smallest absolute Gasteiger partial charge is 0.321 e. The summed E-state index contributed by atoms with van der Waals surface area (Å²) in [7, 11) is 5.68. The molecular formula is C24H27FN4O3. The second-order valence-corrected chi connectivity index (χ2v) is 8.89. The van der Waals surface area contributed by atoms with Crippen molar-refractivity contribution in [3.8, 4) is 5.75 Å². The number of halogens is 1. The number of nitrogens with zero attached hydrogens (tertiary/aromatic N) is 3. The Balaban J connectivity index is 1.50. The number of amides is 2. The van der Waals surface area contributed by atoms with Gasteiger partial charge in [-0.15, -0.1) is 0 Å². The monoisotopic (exact) mass is 438 g/mol. The van der Waals surface area contributed by atoms with E-state index in [-0.39, 0.29) is 29.9 Å². The number of nitrogens with one attached hydrogen (secondary N) is 1. The van der Waals surface area contributed by atoms with Crippen LogP contribution in [-0.2, 0) is 12.5 Å². The molecule has 0 unspecified atom stereocenters. The first-order valence-corrected chi connectivity index (χ1v) is 10.7. The lowest BCUT2D eigenvalue weighted by Gasteiger charge is -2.55. The summed E-state index contributed by atoms with van der Waals surface area (Å²) in [6, 6.07) is 11.6. The number of benzene rings is 2. The average molecular weight is 439 g/mol. The number of rotatable bonds is 3. The van der Waals surface area contributed by atoms with Gasteiger partial charge in [0.25, 0.3) is 0 Å². The fraction of sp³-hybridized carbons (Fsp3) is 0.375. The van der Waals surface area contributed by atoms with Crippen molar-refractivity contribution in [2.24, 2.45) is 7.05 Å². The molecule has 2 aliphatic heterocycles. The van der Waals surface area contributed by atoms with Crippen LogP contribution in [0.25, 0.3) is 10.9 Å². The molecule has 3 aromatic rings. The SMILES string of the molecule is COc1ccc2c3c(n(C)c2c1)[C@H](CO)N(C)CC31CN(C(=O)Nc2cccc(F)c2)C1. The van der Waals surface area contributed by atoms with Crippen molar-refractivity contribution >= 4 is 22.6 Å². The average Bonchev–Trinajstić information content (AvgIpc) is 3.04. The van der Waals surface area contributed by atoms with E-state index in [4.69, 9.17) is 4.74 Å². The first kappa shape index (κ1) is 20.8. The van der Waals surface area contributed by atoms with E-state index in [9.17, 15) is 14.3 Å². The van der Waals surface area contributed by atoms with Crippen molar-refractivity contribution in [1.82, 2.24) is 14.4 Å². The van der Waals surface area contributed by atoms with Crippen LogP contribution in [0, 0.1) is 5.82 Å². The van der Waals surface area contributed by atoms with E-state index in [0.29, 0.717) is 18.8 Å². The van der Waals surface area contributed by atoms with E-state index in [2.05, 4.69) is 20.9 Å². The minimum absolute atomic E-state index is 0.0185. The van der Waals surface area contributed by atoms with Gasteiger partial charge in [0, 0.05) is 54.9 Å². The number of aromatic nitrogens is 1. The summed E-state index contributed by atoms with van der Waals surface area (Å²) in [5.41, 5.74) is 3.53. The largest absolute Gasteiger partial charge is 0.497 e. The van der Waals surface area contributed by atoms with Crippen LogP contribution < -0.4 is 10.1 Å². The second kappa shape index (κ2) is 7.50. The van der Waals surface area contributed by atoms with Gasteiger partial charge < -0.3 is 24.6 Å². The third-order valence-corrected chi connectivity index (χ3v) is 6.91. The van der Waals surface area contributed by atoms with Crippen molar-refractivity contribution < 1.29 is 19.0 Å². The molecule has 2 amide bonds. The van der Waals surface area contributed by atoms with Crippen molar-refractivity contribution in [1.29, 1.82) is 0 Å². The number of aliphatic hydroxyl groups is 1. The van der Waals surface area contributed by atoms with Gasteiger partial charge >= 0.3 is 6.03 Å². The zero-order valence-electron chi connectivity index (χ0n) is 18.4.